The van der Waals surface area contributed by atoms with Crippen molar-refractivity contribution < 1.29 is 14.3 Å². The molecular weight excluding hydrogens is 319 g/mol. The van der Waals surface area contributed by atoms with Gasteiger partial charge in [-0.2, -0.15) is 0 Å². The Morgan fingerprint density at radius 1 is 1.39 bits per heavy atom. The van der Waals surface area contributed by atoms with Gasteiger partial charge < -0.3 is 15.7 Å². The third-order valence-corrected chi connectivity index (χ3v) is 4.45. The predicted octanol–water partition coefficient (Wildman–Crippen LogP) is 2.42. The molecule has 1 amide bonds. The molecule has 2 unspecified atom stereocenters. The molecule has 2 rings (SSSR count). The number of aliphatic hydroxyl groups excluding tert-OH is 1. The lowest BCUT2D eigenvalue weighted by molar-refractivity contribution is -0.122. The average Bonchev–Trinajstić information content (AvgIpc) is 2.54. The van der Waals surface area contributed by atoms with Crippen molar-refractivity contribution in [3.63, 3.8) is 0 Å². The van der Waals surface area contributed by atoms with Crippen LogP contribution in [0, 0.1) is 17.7 Å². The summed E-state index contributed by atoms with van der Waals surface area (Å²) < 4.78 is 13.5. The lowest BCUT2D eigenvalue weighted by atomic mass is 9.84. The molecule has 1 saturated heterocycles. The van der Waals surface area contributed by atoms with Crippen LogP contribution >= 0.6 is 12.4 Å². The predicted molar refractivity (Wildman–Crippen MR) is 91.0 cm³/mol. The van der Waals surface area contributed by atoms with E-state index in [9.17, 15) is 14.3 Å². The fraction of sp³-hybridized carbons (Fsp3) is 0.588. The molecule has 1 fully saturated rings. The number of aliphatic hydroxyl groups is 1. The fourth-order valence-electron chi connectivity index (χ4n) is 3.01. The van der Waals surface area contributed by atoms with E-state index in [0.717, 1.165) is 25.9 Å². The van der Waals surface area contributed by atoms with Crippen molar-refractivity contribution in [2.24, 2.45) is 11.8 Å². The standard InChI is InChI=1S/C17H25FN2O2.ClH/c1-12(13-6-8-19-9-7-13)10-17(22)20-11-16(21)14-4-2-3-5-15(14)18;/h2-5,12-13,16,19,21H,6-11H2,1H3,(H,20,22);1H. The number of piperidine rings is 1. The van der Waals surface area contributed by atoms with Gasteiger partial charge in [-0.3, -0.25) is 4.79 Å². The highest BCUT2D eigenvalue weighted by Crippen LogP contribution is 2.24. The van der Waals surface area contributed by atoms with Crippen molar-refractivity contribution in [1.82, 2.24) is 10.6 Å². The molecule has 23 heavy (non-hydrogen) atoms. The Morgan fingerprint density at radius 2 is 2.04 bits per heavy atom. The van der Waals surface area contributed by atoms with Crippen molar-refractivity contribution in [1.29, 1.82) is 0 Å². The first-order valence-electron chi connectivity index (χ1n) is 7.98. The summed E-state index contributed by atoms with van der Waals surface area (Å²) in [5.74, 6) is 0.366. The second-order valence-electron chi connectivity index (χ2n) is 6.11. The number of carbonyl (C=O) groups is 1. The Labute approximate surface area is 143 Å². The molecule has 2 atom stereocenters. The van der Waals surface area contributed by atoms with E-state index in [-0.39, 0.29) is 30.4 Å². The molecule has 0 radical (unpaired) electrons. The zero-order chi connectivity index (χ0) is 15.9. The van der Waals surface area contributed by atoms with Gasteiger partial charge in [0.15, 0.2) is 0 Å². The van der Waals surface area contributed by atoms with E-state index in [2.05, 4.69) is 17.6 Å². The lowest BCUT2D eigenvalue weighted by Crippen LogP contribution is -2.34. The normalized spacial score (nSPS) is 17.9. The van der Waals surface area contributed by atoms with Crippen LogP contribution in [0.3, 0.4) is 0 Å². The molecule has 0 spiro atoms. The van der Waals surface area contributed by atoms with Crippen molar-refractivity contribution >= 4 is 18.3 Å². The summed E-state index contributed by atoms with van der Waals surface area (Å²) in [5, 5.41) is 16.0. The molecular formula is C17H26ClFN2O2. The first-order chi connectivity index (χ1) is 10.6. The minimum absolute atomic E-state index is 0. The molecule has 1 aliphatic rings. The smallest absolute Gasteiger partial charge is 0.220 e. The maximum Gasteiger partial charge on any atom is 0.220 e. The Bertz CT molecular complexity index is 495. The summed E-state index contributed by atoms with van der Waals surface area (Å²) in [6, 6.07) is 6.08. The number of carbonyl (C=O) groups excluding carboxylic acids is 1. The molecule has 1 aromatic rings. The highest BCUT2D eigenvalue weighted by Gasteiger charge is 2.22. The SMILES string of the molecule is CC(CC(=O)NCC(O)c1ccccc1F)C1CCNCC1.Cl. The van der Waals surface area contributed by atoms with Crippen LogP contribution in [0.2, 0.25) is 0 Å². The third kappa shape index (κ3) is 6.09. The van der Waals surface area contributed by atoms with Crippen molar-refractivity contribution in [3.8, 4) is 0 Å². The van der Waals surface area contributed by atoms with Crippen LogP contribution in [0.25, 0.3) is 0 Å². The minimum Gasteiger partial charge on any atom is -0.386 e. The zero-order valence-corrected chi connectivity index (χ0v) is 14.2. The molecule has 3 N–H and O–H groups in total. The highest BCUT2D eigenvalue weighted by molar-refractivity contribution is 5.85. The number of nitrogens with one attached hydrogen (secondary N) is 2. The van der Waals surface area contributed by atoms with Crippen LogP contribution in [0.1, 0.15) is 37.9 Å². The zero-order valence-electron chi connectivity index (χ0n) is 13.4. The van der Waals surface area contributed by atoms with E-state index in [0.29, 0.717) is 18.3 Å². The first kappa shape index (κ1) is 19.9. The van der Waals surface area contributed by atoms with E-state index in [1.54, 1.807) is 12.1 Å². The van der Waals surface area contributed by atoms with Crippen LogP contribution in [0.4, 0.5) is 4.39 Å². The molecule has 0 bridgehead atoms. The maximum atomic E-state index is 13.5. The summed E-state index contributed by atoms with van der Waals surface area (Å²) in [6.45, 7) is 4.17. The number of halogens is 2. The van der Waals surface area contributed by atoms with E-state index >= 15 is 0 Å². The van der Waals surface area contributed by atoms with Gasteiger partial charge in [0.25, 0.3) is 0 Å². The van der Waals surface area contributed by atoms with Gasteiger partial charge in [0.1, 0.15) is 5.82 Å². The number of benzene rings is 1. The second kappa shape index (κ2) is 9.85. The van der Waals surface area contributed by atoms with Gasteiger partial charge in [0.2, 0.25) is 5.91 Å². The van der Waals surface area contributed by atoms with E-state index in [1.165, 1.54) is 12.1 Å². The molecule has 4 nitrogen and oxygen atoms in total. The maximum absolute atomic E-state index is 13.5. The Morgan fingerprint density at radius 3 is 2.70 bits per heavy atom. The van der Waals surface area contributed by atoms with E-state index in [1.807, 2.05) is 0 Å². The molecule has 1 heterocycles. The van der Waals surface area contributed by atoms with Gasteiger partial charge in [0, 0.05) is 18.5 Å². The van der Waals surface area contributed by atoms with Gasteiger partial charge in [0.05, 0.1) is 6.10 Å². The molecule has 1 aliphatic heterocycles. The molecule has 6 heteroatoms. The monoisotopic (exact) mass is 344 g/mol. The molecule has 0 saturated carbocycles. The van der Waals surface area contributed by atoms with Crippen molar-refractivity contribution in [3.05, 3.63) is 35.6 Å². The van der Waals surface area contributed by atoms with Crippen LogP contribution < -0.4 is 10.6 Å². The third-order valence-electron chi connectivity index (χ3n) is 4.45. The van der Waals surface area contributed by atoms with Gasteiger partial charge >= 0.3 is 0 Å². The summed E-state index contributed by atoms with van der Waals surface area (Å²) in [7, 11) is 0. The highest BCUT2D eigenvalue weighted by atomic mass is 35.5. The van der Waals surface area contributed by atoms with Gasteiger partial charge in [-0.1, -0.05) is 25.1 Å². The van der Waals surface area contributed by atoms with Crippen LogP contribution in [-0.2, 0) is 4.79 Å². The Balaban J connectivity index is 0.00000264. The Kier molecular flexibility index (Phi) is 8.52. The number of hydrogen-bond acceptors (Lipinski definition) is 3. The largest absolute Gasteiger partial charge is 0.386 e. The summed E-state index contributed by atoms with van der Waals surface area (Å²) >= 11 is 0. The molecule has 0 aromatic heterocycles. The van der Waals surface area contributed by atoms with Crippen LogP contribution in [0.15, 0.2) is 24.3 Å². The fourth-order valence-corrected chi connectivity index (χ4v) is 3.01. The summed E-state index contributed by atoms with van der Waals surface area (Å²) in [4.78, 5) is 12.0. The molecule has 0 aliphatic carbocycles. The molecule has 1 aromatic carbocycles. The number of hydrogen-bond donors (Lipinski definition) is 3. The Hall–Kier alpha value is -1.17. The van der Waals surface area contributed by atoms with Crippen molar-refractivity contribution in [2.45, 2.75) is 32.3 Å². The number of amides is 1. The topological polar surface area (TPSA) is 61.4 Å². The van der Waals surface area contributed by atoms with E-state index in [4.69, 9.17) is 0 Å². The lowest BCUT2D eigenvalue weighted by Gasteiger charge is -2.28. The minimum atomic E-state index is -1.01. The van der Waals surface area contributed by atoms with Gasteiger partial charge in [-0.15, -0.1) is 12.4 Å². The van der Waals surface area contributed by atoms with Crippen molar-refractivity contribution in [2.75, 3.05) is 19.6 Å². The van der Waals surface area contributed by atoms with Gasteiger partial charge in [-0.25, -0.2) is 4.39 Å². The quantitative estimate of drug-likeness (QED) is 0.742. The van der Waals surface area contributed by atoms with Crippen LogP contribution in [0.5, 0.6) is 0 Å². The summed E-state index contributed by atoms with van der Waals surface area (Å²) in [6.07, 6.45) is 1.65. The molecule has 130 valence electrons. The second-order valence-corrected chi connectivity index (χ2v) is 6.11. The number of rotatable bonds is 6. The van der Waals surface area contributed by atoms with Gasteiger partial charge in [-0.05, 0) is 43.8 Å². The summed E-state index contributed by atoms with van der Waals surface area (Å²) in [5.41, 5.74) is 0.217. The first-order valence-corrected chi connectivity index (χ1v) is 7.98. The van der Waals surface area contributed by atoms with Crippen LogP contribution in [-0.4, -0.2) is 30.6 Å². The van der Waals surface area contributed by atoms with E-state index < -0.39 is 11.9 Å². The average molecular weight is 345 g/mol.